The lowest BCUT2D eigenvalue weighted by Crippen LogP contribution is -2.59. The molecule has 0 aromatic rings. The molecule has 1 aliphatic heterocycles. The van der Waals surface area contributed by atoms with Crippen LogP contribution in [0.2, 0.25) is 0 Å². The number of hydrogen-bond acceptors (Lipinski definition) is 6. The van der Waals surface area contributed by atoms with E-state index in [2.05, 4.69) is 4.74 Å². The first kappa shape index (κ1) is 10.4. The SMILES string of the molecule is O=C(O)[C@H]1O[C@H](O)[C@@H](O)[C@H](O)[C@H]1O. The second-order valence-electron chi connectivity index (χ2n) is 2.76. The summed E-state index contributed by atoms with van der Waals surface area (Å²) in [5.74, 6) is -1.52. The highest BCUT2D eigenvalue weighted by Gasteiger charge is 2.46. The Bertz CT molecular complexity index is 205. The normalized spacial score (nSPS) is 46.0. The van der Waals surface area contributed by atoms with Crippen LogP contribution in [-0.4, -0.2) is 62.2 Å². The summed E-state index contributed by atoms with van der Waals surface area (Å²) in [5, 5.41) is 44.4. The zero-order valence-corrected chi connectivity index (χ0v) is 6.44. The number of hydrogen-bond donors (Lipinski definition) is 5. The van der Waals surface area contributed by atoms with Gasteiger partial charge in [0.2, 0.25) is 0 Å². The molecule has 1 heterocycles. The number of carboxylic acids is 1. The summed E-state index contributed by atoms with van der Waals surface area (Å²) in [4.78, 5) is 10.4. The molecule has 0 aromatic carbocycles. The van der Waals surface area contributed by atoms with E-state index in [1.54, 1.807) is 0 Å². The lowest BCUT2D eigenvalue weighted by molar-refractivity contribution is -0.279. The van der Waals surface area contributed by atoms with Crippen molar-refractivity contribution in [2.45, 2.75) is 30.7 Å². The summed E-state index contributed by atoms with van der Waals surface area (Å²) in [6.45, 7) is 0. The van der Waals surface area contributed by atoms with Crippen LogP contribution in [0, 0.1) is 0 Å². The third kappa shape index (κ3) is 1.79. The van der Waals surface area contributed by atoms with Crippen LogP contribution in [0.25, 0.3) is 0 Å². The minimum Gasteiger partial charge on any atom is -0.479 e. The summed E-state index contributed by atoms with van der Waals surface area (Å²) in [7, 11) is 0. The summed E-state index contributed by atoms with van der Waals surface area (Å²) in [6.07, 6.45) is -8.72. The molecule has 0 radical (unpaired) electrons. The second kappa shape index (κ2) is 3.56. The number of rotatable bonds is 1. The number of ether oxygens (including phenoxy) is 1. The molecule has 1 fully saturated rings. The molecule has 5 atom stereocenters. The number of carbonyl (C=O) groups is 1. The van der Waals surface area contributed by atoms with Crippen molar-refractivity contribution in [3.05, 3.63) is 0 Å². The standard InChI is InChI=1S/C6H10O7/c7-1-2(8)4(5(10)11)13-6(12)3(1)9/h1-4,6-9,12H,(H,10,11)/t1-,2-,3+,4+,6+/m1/s1. The van der Waals surface area contributed by atoms with Crippen LogP contribution in [-0.2, 0) is 9.53 Å². The van der Waals surface area contributed by atoms with Crippen molar-refractivity contribution >= 4 is 5.97 Å². The summed E-state index contributed by atoms with van der Waals surface area (Å²) in [5.41, 5.74) is 0. The molecule has 7 heteroatoms. The molecule has 0 saturated carbocycles. The minimum absolute atomic E-state index is 1.52. The van der Waals surface area contributed by atoms with Crippen LogP contribution in [0.3, 0.4) is 0 Å². The van der Waals surface area contributed by atoms with Crippen LogP contribution in [0.5, 0.6) is 0 Å². The van der Waals surface area contributed by atoms with Gasteiger partial charge in [-0.1, -0.05) is 0 Å². The summed E-state index contributed by atoms with van der Waals surface area (Å²) < 4.78 is 4.34. The molecule has 5 N–H and O–H groups in total. The third-order valence-corrected chi connectivity index (χ3v) is 1.83. The maximum absolute atomic E-state index is 10.4. The van der Waals surface area contributed by atoms with E-state index < -0.39 is 36.7 Å². The monoisotopic (exact) mass is 194 g/mol. The van der Waals surface area contributed by atoms with Gasteiger partial charge in [-0.15, -0.1) is 0 Å². The number of aliphatic carboxylic acids is 1. The van der Waals surface area contributed by atoms with Gasteiger partial charge < -0.3 is 30.3 Å². The summed E-state index contributed by atoms with van der Waals surface area (Å²) in [6, 6.07) is 0. The van der Waals surface area contributed by atoms with E-state index in [0.717, 1.165) is 0 Å². The van der Waals surface area contributed by atoms with Crippen molar-refractivity contribution in [3.63, 3.8) is 0 Å². The molecular formula is C6H10O7. The van der Waals surface area contributed by atoms with Gasteiger partial charge in [-0.05, 0) is 0 Å². The first-order valence-electron chi connectivity index (χ1n) is 3.55. The molecule has 0 spiro atoms. The lowest BCUT2D eigenvalue weighted by atomic mass is 9.99. The Labute approximate surface area is 72.8 Å². The molecule has 76 valence electrons. The number of aliphatic hydroxyl groups excluding tert-OH is 4. The zero-order valence-electron chi connectivity index (χ0n) is 6.44. The maximum atomic E-state index is 10.4. The average Bonchev–Trinajstić information content (AvgIpc) is 2.07. The van der Waals surface area contributed by atoms with Gasteiger partial charge in [0.1, 0.15) is 18.3 Å². The number of aliphatic hydroxyl groups is 4. The smallest absolute Gasteiger partial charge is 0.335 e. The van der Waals surface area contributed by atoms with E-state index in [0.29, 0.717) is 0 Å². The molecule has 1 saturated heterocycles. The minimum atomic E-state index is -1.81. The van der Waals surface area contributed by atoms with Gasteiger partial charge >= 0.3 is 5.97 Å². The Hall–Kier alpha value is -0.730. The van der Waals surface area contributed by atoms with Crippen molar-refractivity contribution in [2.75, 3.05) is 0 Å². The van der Waals surface area contributed by atoms with Gasteiger partial charge in [0.15, 0.2) is 12.4 Å². The van der Waals surface area contributed by atoms with Crippen molar-refractivity contribution in [3.8, 4) is 0 Å². The highest BCUT2D eigenvalue weighted by Crippen LogP contribution is 2.19. The Morgan fingerprint density at radius 3 is 2.00 bits per heavy atom. The van der Waals surface area contributed by atoms with Crippen LogP contribution in [0.1, 0.15) is 0 Å². The first-order valence-corrected chi connectivity index (χ1v) is 3.55. The molecule has 7 nitrogen and oxygen atoms in total. The molecule has 0 amide bonds. The number of carboxylic acid groups (broad SMARTS) is 1. The predicted octanol–water partition coefficient (Wildman–Crippen LogP) is -3.13. The van der Waals surface area contributed by atoms with Gasteiger partial charge in [0.05, 0.1) is 0 Å². The third-order valence-electron chi connectivity index (χ3n) is 1.83. The van der Waals surface area contributed by atoms with Crippen molar-refractivity contribution in [1.82, 2.24) is 0 Å². The molecule has 1 rings (SSSR count). The quantitative estimate of drug-likeness (QED) is 0.298. The second-order valence-corrected chi connectivity index (χ2v) is 2.76. The lowest BCUT2D eigenvalue weighted by Gasteiger charge is -2.36. The average molecular weight is 194 g/mol. The topological polar surface area (TPSA) is 127 Å². The van der Waals surface area contributed by atoms with Crippen molar-refractivity contribution < 1.29 is 35.1 Å². The Morgan fingerprint density at radius 2 is 1.54 bits per heavy atom. The highest BCUT2D eigenvalue weighted by atomic mass is 16.6. The Kier molecular flexibility index (Phi) is 2.84. The van der Waals surface area contributed by atoms with E-state index in [1.807, 2.05) is 0 Å². The molecule has 0 unspecified atom stereocenters. The van der Waals surface area contributed by atoms with Gasteiger partial charge in [-0.25, -0.2) is 4.79 Å². The Balaban J connectivity index is 2.76. The first-order chi connectivity index (χ1) is 5.95. The highest BCUT2D eigenvalue weighted by molar-refractivity contribution is 5.73. The van der Waals surface area contributed by atoms with Crippen molar-refractivity contribution in [2.24, 2.45) is 0 Å². The van der Waals surface area contributed by atoms with Crippen LogP contribution in [0.4, 0.5) is 0 Å². The van der Waals surface area contributed by atoms with E-state index in [4.69, 9.17) is 25.5 Å². The zero-order chi connectivity index (χ0) is 10.2. The fourth-order valence-electron chi connectivity index (χ4n) is 1.07. The fourth-order valence-corrected chi connectivity index (χ4v) is 1.07. The van der Waals surface area contributed by atoms with Gasteiger partial charge in [0.25, 0.3) is 0 Å². The molecular weight excluding hydrogens is 184 g/mol. The van der Waals surface area contributed by atoms with E-state index in [1.165, 1.54) is 0 Å². The molecule has 1 aliphatic rings. The predicted molar refractivity (Wildman–Crippen MR) is 36.5 cm³/mol. The fraction of sp³-hybridized carbons (Fsp3) is 0.833. The van der Waals surface area contributed by atoms with Gasteiger partial charge in [-0.2, -0.15) is 0 Å². The largest absolute Gasteiger partial charge is 0.479 e. The van der Waals surface area contributed by atoms with E-state index in [9.17, 15) is 4.79 Å². The molecule has 0 bridgehead atoms. The van der Waals surface area contributed by atoms with Crippen molar-refractivity contribution in [1.29, 1.82) is 0 Å². The molecule has 0 aliphatic carbocycles. The molecule has 13 heavy (non-hydrogen) atoms. The van der Waals surface area contributed by atoms with Gasteiger partial charge in [-0.3, -0.25) is 0 Å². The maximum Gasteiger partial charge on any atom is 0.335 e. The Morgan fingerprint density at radius 1 is 1.00 bits per heavy atom. The molecule has 0 aromatic heterocycles. The summed E-state index contributed by atoms with van der Waals surface area (Å²) >= 11 is 0. The van der Waals surface area contributed by atoms with Crippen LogP contribution < -0.4 is 0 Å². The van der Waals surface area contributed by atoms with Crippen LogP contribution >= 0.6 is 0 Å². The van der Waals surface area contributed by atoms with E-state index >= 15 is 0 Å². The van der Waals surface area contributed by atoms with Crippen LogP contribution in [0.15, 0.2) is 0 Å². The van der Waals surface area contributed by atoms with Gasteiger partial charge in [0, 0.05) is 0 Å². The van der Waals surface area contributed by atoms with E-state index in [-0.39, 0.29) is 0 Å².